The van der Waals surface area contributed by atoms with Crippen LogP contribution in [0.5, 0.6) is 0 Å². The van der Waals surface area contributed by atoms with E-state index in [2.05, 4.69) is 44.8 Å². The van der Waals surface area contributed by atoms with Crippen LogP contribution in [-0.4, -0.2) is 32.7 Å². The summed E-state index contributed by atoms with van der Waals surface area (Å²) in [5.74, 6) is 0.0163. The van der Waals surface area contributed by atoms with Crippen molar-refractivity contribution in [2.24, 2.45) is 0 Å². The molecule has 0 saturated heterocycles. The van der Waals surface area contributed by atoms with Gasteiger partial charge in [-0.15, -0.1) is 0 Å². The Balaban J connectivity index is 1.81. The van der Waals surface area contributed by atoms with Gasteiger partial charge in [0.2, 0.25) is 5.91 Å². The van der Waals surface area contributed by atoms with Crippen molar-refractivity contribution in [3.8, 4) is 0 Å². The van der Waals surface area contributed by atoms with Crippen molar-refractivity contribution < 1.29 is 9.53 Å². The van der Waals surface area contributed by atoms with E-state index < -0.39 is 0 Å². The first-order chi connectivity index (χ1) is 9.20. The Bertz CT molecular complexity index is 451. The number of hydrogen-bond acceptors (Lipinski definition) is 3. The third kappa shape index (κ3) is 4.03. The first kappa shape index (κ1) is 14.5. The van der Waals surface area contributed by atoms with Crippen LogP contribution in [0.4, 0.5) is 0 Å². The molecule has 1 unspecified atom stereocenters. The highest BCUT2D eigenvalue weighted by molar-refractivity contribution is 9.10. The molecule has 2 N–H and O–H groups in total. The molecule has 1 aliphatic carbocycles. The summed E-state index contributed by atoms with van der Waals surface area (Å²) in [4.78, 5) is 11.6. The summed E-state index contributed by atoms with van der Waals surface area (Å²) in [6.45, 7) is 1.46. The van der Waals surface area contributed by atoms with Crippen molar-refractivity contribution in [1.82, 2.24) is 10.6 Å². The zero-order valence-electron chi connectivity index (χ0n) is 11.0. The number of carbonyl (C=O) groups excluding carboxylic acids is 1. The molecule has 0 bridgehead atoms. The fourth-order valence-corrected chi connectivity index (χ4v) is 2.78. The van der Waals surface area contributed by atoms with Gasteiger partial charge in [-0.2, -0.15) is 0 Å². The molecule has 104 valence electrons. The number of methoxy groups -OCH3 is 1. The highest BCUT2D eigenvalue weighted by Crippen LogP contribution is 2.32. The lowest BCUT2D eigenvalue weighted by molar-refractivity contribution is -0.120. The number of hydrogen-bond donors (Lipinski definition) is 2. The number of ether oxygens (including phenoxy) is 1. The van der Waals surface area contributed by atoms with Crippen LogP contribution in [0.1, 0.15) is 23.6 Å². The number of benzene rings is 1. The number of rotatable bonds is 6. The average molecular weight is 327 g/mol. The lowest BCUT2D eigenvalue weighted by atomic mass is 10.1. The molecule has 1 amide bonds. The molecular weight excluding hydrogens is 308 g/mol. The van der Waals surface area contributed by atoms with E-state index in [1.807, 2.05) is 0 Å². The average Bonchev–Trinajstić information content (AvgIpc) is 2.79. The van der Waals surface area contributed by atoms with Gasteiger partial charge in [-0.3, -0.25) is 4.79 Å². The standard InChI is InChI=1S/C14H19BrN2O2/c1-19-7-6-16-14(18)9-17-13-5-2-10-8-11(15)3-4-12(10)13/h3-4,8,13,17H,2,5-7,9H2,1H3,(H,16,18). The molecule has 0 aliphatic heterocycles. The molecule has 0 fully saturated rings. The van der Waals surface area contributed by atoms with Crippen molar-refractivity contribution in [3.05, 3.63) is 33.8 Å². The van der Waals surface area contributed by atoms with Crippen LogP contribution in [0.25, 0.3) is 0 Å². The van der Waals surface area contributed by atoms with Gasteiger partial charge in [0.1, 0.15) is 0 Å². The smallest absolute Gasteiger partial charge is 0.234 e. The summed E-state index contributed by atoms with van der Waals surface area (Å²) in [6.07, 6.45) is 2.12. The Kier molecular flexibility index (Phi) is 5.36. The van der Waals surface area contributed by atoms with E-state index >= 15 is 0 Å². The summed E-state index contributed by atoms with van der Waals surface area (Å²) in [7, 11) is 1.62. The minimum Gasteiger partial charge on any atom is -0.383 e. The monoisotopic (exact) mass is 326 g/mol. The summed E-state index contributed by atoms with van der Waals surface area (Å²) < 4.78 is 6.00. The molecule has 1 aliphatic rings. The van der Waals surface area contributed by atoms with E-state index in [4.69, 9.17) is 4.74 Å². The van der Waals surface area contributed by atoms with Crippen LogP contribution >= 0.6 is 15.9 Å². The van der Waals surface area contributed by atoms with Crippen LogP contribution in [0.3, 0.4) is 0 Å². The van der Waals surface area contributed by atoms with Gasteiger partial charge in [0.15, 0.2) is 0 Å². The van der Waals surface area contributed by atoms with Crippen LogP contribution in [0, 0.1) is 0 Å². The van der Waals surface area contributed by atoms with Crippen LogP contribution < -0.4 is 10.6 Å². The first-order valence-electron chi connectivity index (χ1n) is 6.48. The normalized spacial score (nSPS) is 17.3. The van der Waals surface area contributed by atoms with Crippen LogP contribution in [0.2, 0.25) is 0 Å². The SMILES string of the molecule is COCCNC(=O)CNC1CCc2cc(Br)ccc21. The molecule has 0 spiro atoms. The molecule has 0 radical (unpaired) electrons. The second-order valence-corrected chi connectivity index (χ2v) is 5.57. The van der Waals surface area contributed by atoms with Crippen molar-refractivity contribution >= 4 is 21.8 Å². The summed E-state index contributed by atoms with van der Waals surface area (Å²) in [6, 6.07) is 6.64. The molecule has 0 aromatic heterocycles. The van der Waals surface area contributed by atoms with Crippen molar-refractivity contribution in [1.29, 1.82) is 0 Å². The lowest BCUT2D eigenvalue weighted by Crippen LogP contribution is -2.36. The molecule has 4 nitrogen and oxygen atoms in total. The first-order valence-corrected chi connectivity index (χ1v) is 7.27. The van der Waals surface area contributed by atoms with Gasteiger partial charge in [-0.05, 0) is 36.1 Å². The molecular formula is C14H19BrN2O2. The van der Waals surface area contributed by atoms with Crippen molar-refractivity contribution in [2.75, 3.05) is 26.8 Å². The van der Waals surface area contributed by atoms with E-state index in [0.717, 1.165) is 17.3 Å². The molecule has 1 aromatic rings. The van der Waals surface area contributed by atoms with Gasteiger partial charge < -0.3 is 15.4 Å². The van der Waals surface area contributed by atoms with Crippen LogP contribution in [-0.2, 0) is 16.0 Å². The minimum absolute atomic E-state index is 0.0163. The molecule has 1 atom stereocenters. The largest absolute Gasteiger partial charge is 0.383 e. The van der Waals surface area contributed by atoms with Crippen LogP contribution in [0.15, 0.2) is 22.7 Å². The predicted octanol–water partition coefficient (Wildman–Crippen LogP) is 1.79. The maximum absolute atomic E-state index is 11.6. The zero-order chi connectivity index (χ0) is 13.7. The number of carbonyl (C=O) groups is 1. The Morgan fingerprint density at radius 2 is 2.37 bits per heavy atom. The number of fused-ring (bicyclic) bond motifs is 1. The van der Waals surface area contributed by atoms with Gasteiger partial charge in [0.25, 0.3) is 0 Å². The zero-order valence-corrected chi connectivity index (χ0v) is 12.6. The van der Waals surface area contributed by atoms with Gasteiger partial charge in [-0.25, -0.2) is 0 Å². The fraction of sp³-hybridized carbons (Fsp3) is 0.500. The Morgan fingerprint density at radius 1 is 1.53 bits per heavy atom. The Labute approximate surface area is 122 Å². The van der Waals surface area contributed by atoms with Gasteiger partial charge in [-0.1, -0.05) is 22.0 Å². The number of nitrogens with one attached hydrogen (secondary N) is 2. The van der Waals surface area contributed by atoms with E-state index in [-0.39, 0.29) is 11.9 Å². The molecule has 5 heteroatoms. The molecule has 0 saturated carbocycles. The van der Waals surface area contributed by atoms with E-state index in [1.54, 1.807) is 7.11 Å². The predicted molar refractivity (Wildman–Crippen MR) is 78.1 cm³/mol. The van der Waals surface area contributed by atoms with E-state index in [1.165, 1.54) is 11.1 Å². The molecule has 19 heavy (non-hydrogen) atoms. The minimum atomic E-state index is 0.0163. The summed E-state index contributed by atoms with van der Waals surface area (Å²) >= 11 is 3.49. The highest BCUT2D eigenvalue weighted by atomic mass is 79.9. The molecule has 2 rings (SSSR count). The highest BCUT2D eigenvalue weighted by Gasteiger charge is 2.22. The molecule has 1 aromatic carbocycles. The lowest BCUT2D eigenvalue weighted by Gasteiger charge is -2.14. The third-order valence-electron chi connectivity index (χ3n) is 3.32. The Morgan fingerprint density at radius 3 is 3.16 bits per heavy atom. The number of halogens is 1. The topological polar surface area (TPSA) is 50.4 Å². The number of aryl methyl sites for hydroxylation is 1. The summed E-state index contributed by atoms with van der Waals surface area (Å²) in [5.41, 5.74) is 2.68. The van der Waals surface area contributed by atoms with Crippen molar-refractivity contribution in [2.45, 2.75) is 18.9 Å². The van der Waals surface area contributed by atoms with Gasteiger partial charge in [0, 0.05) is 24.2 Å². The third-order valence-corrected chi connectivity index (χ3v) is 3.81. The van der Waals surface area contributed by atoms with E-state index in [0.29, 0.717) is 19.7 Å². The second kappa shape index (κ2) is 7.03. The Hall–Kier alpha value is -0.910. The quantitative estimate of drug-likeness (QED) is 0.783. The second-order valence-electron chi connectivity index (χ2n) is 4.66. The van der Waals surface area contributed by atoms with Gasteiger partial charge in [0.05, 0.1) is 13.2 Å². The maximum Gasteiger partial charge on any atom is 0.234 e. The summed E-state index contributed by atoms with van der Waals surface area (Å²) in [5, 5.41) is 6.12. The van der Waals surface area contributed by atoms with E-state index in [9.17, 15) is 4.79 Å². The van der Waals surface area contributed by atoms with Crippen molar-refractivity contribution in [3.63, 3.8) is 0 Å². The molecule has 0 heterocycles. The fourth-order valence-electron chi connectivity index (χ4n) is 2.37. The van der Waals surface area contributed by atoms with Gasteiger partial charge >= 0.3 is 0 Å². The number of amides is 1. The maximum atomic E-state index is 11.6.